The van der Waals surface area contributed by atoms with Gasteiger partial charge in [0.1, 0.15) is 6.61 Å². The minimum absolute atomic E-state index is 0.490. The molecule has 0 aliphatic carbocycles. The summed E-state index contributed by atoms with van der Waals surface area (Å²) < 4.78 is 12.8. The van der Waals surface area contributed by atoms with Crippen LogP contribution in [0.4, 0.5) is 0 Å². The number of hydrazone groups is 1. The summed E-state index contributed by atoms with van der Waals surface area (Å²) in [6.45, 7) is 7.80. The molecule has 0 heterocycles. The van der Waals surface area contributed by atoms with Crippen LogP contribution in [0.3, 0.4) is 0 Å². The molecule has 0 saturated carbocycles. The Morgan fingerprint density at radius 1 is 1.22 bits per heavy atom. The molecule has 0 fully saturated rings. The molecule has 144 valence electrons. The van der Waals surface area contributed by atoms with Gasteiger partial charge in [0.2, 0.25) is 0 Å². The van der Waals surface area contributed by atoms with E-state index in [2.05, 4.69) is 63.6 Å². The van der Waals surface area contributed by atoms with Crippen LogP contribution in [-0.4, -0.2) is 24.5 Å². The number of rotatable bonds is 8. The molecule has 2 rings (SSSR count). The van der Waals surface area contributed by atoms with Gasteiger partial charge in [-0.05, 0) is 78.8 Å². The summed E-state index contributed by atoms with van der Waals surface area (Å²) in [6.07, 6.45) is 1.71. The number of hydrogen-bond acceptors (Lipinski definition) is 4. The second kappa shape index (κ2) is 11.1. The first-order valence-electron chi connectivity index (χ1n) is 8.75. The first kappa shape index (κ1) is 21.4. The van der Waals surface area contributed by atoms with Gasteiger partial charge >= 0.3 is 0 Å². The predicted octanol–water partition coefficient (Wildman–Crippen LogP) is 4.40. The number of nitrogens with zero attached hydrogens (tertiary/aromatic N) is 1. The highest BCUT2D eigenvalue weighted by Crippen LogP contribution is 2.34. The monoisotopic (exact) mass is 497 g/mol. The number of benzene rings is 2. The molecule has 2 N–H and O–H groups in total. The van der Waals surface area contributed by atoms with E-state index < -0.39 is 0 Å². The largest absolute Gasteiger partial charge is 0.490 e. The lowest BCUT2D eigenvalue weighted by molar-refractivity contribution is 0.267. The number of hydrogen-bond donors (Lipinski definition) is 2. The summed E-state index contributed by atoms with van der Waals surface area (Å²) in [6, 6.07) is 12.2. The highest BCUT2D eigenvalue weighted by atomic mass is 127. The Balaban J connectivity index is 2.15. The Bertz CT molecular complexity index is 812. The van der Waals surface area contributed by atoms with E-state index in [1.165, 1.54) is 5.56 Å². The van der Waals surface area contributed by atoms with Crippen molar-refractivity contribution in [3.05, 3.63) is 56.7 Å². The lowest BCUT2D eigenvalue weighted by atomic mass is 10.1. The topological polar surface area (TPSA) is 54.9 Å². The maximum atomic E-state index is 6.07. The second-order valence-corrected chi connectivity index (χ2v) is 7.34. The fourth-order valence-electron chi connectivity index (χ4n) is 2.39. The molecular formula is C20H24IN3O2S. The van der Waals surface area contributed by atoms with Crippen molar-refractivity contribution in [2.45, 2.75) is 27.4 Å². The van der Waals surface area contributed by atoms with Crippen LogP contribution in [-0.2, 0) is 6.61 Å². The van der Waals surface area contributed by atoms with Crippen LogP contribution in [0.2, 0.25) is 0 Å². The van der Waals surface area contributed by atoms with Crippen LogP contribution in [0.1, 0.15) is 30.5 Å². The zero-order valence-corrected chi connectivity index (χ0v) is 18.7. The van der Waals surface area contributed by atoms with Crippen molar-refractivity contribution in [1.82, 2.24) is 10.7 Å². The van der Waals surface area contributed by atoms with Gasteiger partial charge in [0.25, 0.3) is 0 Å². The van der Waals surface area contributed by atoms with Crippen molar-refractivity contribution in [1.29, 1.82) is 0 Å². The zero-order chi connectivity index (χ0) is 19.6. The van der Waals surface area contributed by atoms with Crippen LogP contribution in [0, 0.1) is 10.5 Å². The minimum atomic E-state index is 0.490. The summed E-state index contributed by atoms with van der Waals surface area (Å²) in [4.78, 5) is 0. The summed E-state index contributed by atoms with van der Waals surface area (Å²) in [7, 11) is 0. The molecule has 2 aromatic carbocycles. The van der Waals surface area contributed by atoms with Gasteiger partial charge in [0.05, 0.1) is 16.4 Å². The Hall–Kier alpha value is -1.87. The molecule has 0 atom stereocenters. The van der Waals surface area contributed by atoms with Crippen LogP contribution < -0.4 is 20.2 Å². The maximum Gasteiger partial charge on any atom is 0.186 e. The third-order valence-corrected chi connectivity index (χ3v) is 4.55. The van der Waals surface area contributed by atoms with E-state index in [4.69, 9.17) is 21.7 Å². The molecule has 7 heteroatoms. The molecule has 0 radical (unpaired) electrons. The van der Waals surface area contributed by atoms with Gasteiger partial charge in [-0.1, -0.05) is 29.8 Å². The summed E-state index contributed by atoms with van der Waals surface area (Å²) >= 11 is 7.34. The van der Waals surface area contributed by atoms with Gasteiger partial charge in [-0.2, -0.15) is 5.10 Å². The Kier molecular flexibility index (Phi) is 8.80. The smallest absolute Gasteiger partial charge is 0.186 e. The Morgan fingerprint density at radius 3 is 2.74 bits per heavy atom. The van der Waals surface area contributed by atoms with Crippen molar-refractivity contribution >= 4 is 46.1 Å². The van der Waals surface area contributed by atoms with Crippen LogP contribution in [0.25, 0.3) is 0 Å². The van der Waals surface area contributed by atoms with E-state index in [1.807, 2.05) is 32.0 Å². The van der Waals surface area contributed by atoms with Crippen molar-refractivity contribution in [2.24, 2.45) is 5.10 Å². The lowest BCUT2D eigenvalue weighted by Gasteiger charge is -2.15. The van der Waals surface area contributed by atoms with Gasteiger partial charge in [-0.15, -0.1) is 0 Å². The van der Waals surface area contributed by atoms with Gasteiger partial charge in [0.15, 0.2) is 16.6 Å². The quantitative estimate of drug-likeness (QED) is 0.245. The van der Waals surface area contributed by atoms with E-state index >= 15 is 0 Å². The van der Waals surface area contributed by atoms with Crippen LogP contribution in [0.5, 0.6) is 11.5 Å². The van der Waals surface area contributed by atoms with Crippen molar-refractivity contribution in [2.75, 3.05) is 13.2 Å². The predicted molar refractivity (Wildman–Crippen MR) is 123 cm³/mol. The van der Waals surface area contributed by atoms with Crippen molar-refractivity contribution < 1.29 is 9.47 Å². The molecule has 0 aliphatic heterocycles. The van der Waals surface area contributed by atoms with Crippen LogP contribution in [0.15, 0.2) is 41.5 Å². The molecule has 0 aromatic heterocycles. The van der Waals surface area contributed by atoms with Gasteiger partial charge in [-0.25, -0.2) is 0 Å². The van der Waals surface area contributed by atoms with Gasteiger partial charge < -0.3 is 14.8 Å². The third kappa shape index (κ3) is 6.99. The average molecular weight is 497 g/mol. The fourth-order valence-corrected chi connectivity index (χ4v) is 3.37. The molecule has 27 heavy (non-hydrogen) atoms. The maximum absolute atomic E-state index is 6.07. The second-order valence-electron chi connectivity index (χ2n) is 5.77. The SMILES string of the molecule is CCNC(=S)N/N=C\c1cc(I)c(OCc2cccc(C)c2)c(OCC)c1. The summed E-state index contributed by atoms with van der Waals surface area (Å²) in [5.74, 6) is 1.44. The molecule has 5 nitrogen and oxygen atoms in total. The molecule has 0 spiro atoms. The number of aryl methyl sites for hydroxylation is 1. The standard InChI is InChI=1S/C20H24IN3O2S/c1-4-22-20(27)24-23-12-16-10-17(21)19(18(11-16)25-5-2)26-13-15-8-6-7-14(3)9-15/h6-12H,4-5,13H2,1-3H3,(H2,22,24,27)/b23-12-. The highest BCUT2D eigenvalue weighted by Gasteiger charge is 2.12. The third-order valence-electron chi connectivity index (χ3n) is 3.51. The molecule has 0 amide bonds. The van der Waals surface area contributed by atoms with E-state index in [-0.39, 0.29) is 0 Å². The lowest BCUT2D eigenvalue weighted by Crippen LogP contribution is -2.31. The number of ether oxygens (including phenoxy) is 2. The zero-order valence-electron chi connectivity index (χ0n) is 15.7. The van der Waals surface area contributed by atoms with Crippen molar-refractivity contribution in [3.63, 3.8) is 0 Å². The molecule has 0 bridgehead atoms. The van der Waals surface area contributed by atoms with Crippen LogP contribution >= 0.6 is 34.8 Å². The average Bonchev–Trinajstić information content (AvgIpc) is 2.61. The fraction of sp³-hybridized carbons (Fsp3) is 0.300. The molecule has 2 aromatic rings. The van der Waals surface area contributed by atoms with E-state index in [0.29, 0.717) is 24.1 Å². The minimum Gasteiger partial charge on any atom is -0.490 e. The van der Waals surface area contributed by atoms with E-state index in [0.717, 1.165) is 27.0 Å². The first-order chi connectivity index (χ1) is 13.0. The van der Waals surface area contributed by atoms with Gasteiger partial charge in [-0.3, -0.25) is 5.43 Å². The highest BCUT2D eigenvalue weighted by molar-refractivity contribution is 14.1. The molecule has 0 aliphatic rings. The summed E-state index contributed by atoms with van der Waals surface area (Å²) in [5, 5.41) is 7.63. The number of nitrogens with one attached hydrogen (secondary N) is 2. The molecule has 0 unspecified atom stereocenters. The summed E-state index contributed by atoms with van der Waals surface area (Å²) in [5.41, 5.74) is 6.02. The first-order valence-corrected chi connectivity index (χ1v) is 10.2. The van der Waals surface area contributed by atoms with Gasteiger partial charge in [0, 0.05) is 6.54 Å². The molecular weight excluding hydrogens is 473 g/mol. The molecule has 0 saturated heterocycles. The number of halogens is 1. The van der Waals surface area contributed by atoms with Crippen molar-refractivity contribution in [3.8, 4) is 11.5 Å². The normalized spacial score (nSPS) is 10.7. The number of thiocarbonyl (C=S) groups is 1. The van der Waals surface area contributed by atoms with E-state index in [9.17, 15) is 0 Å². The Labute approximate surface area is 179 Å². The van der Waals surface area contributed by atoms with E-state index in [1.54, 1.807) is 6.21 Å². The Morgan fingerprint density at radius 2 is 2.04 bits per heavy atom.